The van der Waals surface area contributed by atoms with Crippen LogP contribution in [0, 0.1) is 11.2 Å². The van der Waals surface area contributed by atoms with Crippen LogP contribution in [0.15, 0.2) is 24.3 Å². The van der Waals surface area contributed by atoms with Crippen LogP contribution in [-0.4, -0.2) is 11.2 Å². The van der Waals surface area contributed by atoms with E-state index in [1.54, 1.807) is 12.1 Å². The van der Waals surface area contributed by atoms with E-state index in [2.05, 4.69) is 0 Å². The Bertz CT molecular complexity index is 321. The minimum atomic E-state index is -0.650. The summed E-state index contributed by atoms with van der Waals surface area (Å²) in [4.78, 5) is 0. The van der Waals surface area contributed by atoms with Gasteiger partial charge in [0, 0.05) is 0 Å². The van der Waals surface area contributed by atoms with Gasteiger partial charge in [-0.3, -0.25) is 0 Å². The molecule has 1 aromatic rings. The van der Waals surface area contributed by atoms with Gasteiger partial charge in [-0.1, -0.05) is 32.9 Å². The lowest BCUT2D eigenvalue weighted by Crippen LogP contribution is -2.36. The summed E-state index contributed by atoms with van der Waals surface area (Å²) in [6.07, 6.45) is -0.650. The van der Waals surface area contributed by atoms with Gasteiger partial charge in [0.2, 0.25) is 0 Å². The fourth-order valence-corrected chi connectivity index (χ4v) is 1.41. The zero-order valence-corrected chi connectivity index (χ0v) is 10.6. The number of hydrogen-bond donors (Lipinski definition) is 2. The molecule has 0 fully saturated rings. The number of halogens is 2. The summed E-state index contributed by atoms with van der Waals surface area (Å²) >= 11 is 0. The standard InChI is InChI=1S/C12H18FNO.ClH/c1-12(2,3)11(15)10(14)8-4-6-9(13)7-5-8;/h4-7,10-11,15H,14H2,1-3H3;1H/t10-,11-;/m1./s1. The quantitative estimate of drug-likeness (QED) is 0.844. The monoisotopic (exact) mass is 247 g/mol. The molecule has 0 heterocycles. The lowest BCUT2D eigenvalue weighted by Gasteiger charge is -2.31. The summed E-state index contributed by atoms with van der Waals surface area (Å²) in [5, 5.41) is 9.96. The van der Waals surface area contributed by atoms with E-state index >= 15 is 0 Å². The van der Waals surface area contributed by atoms with Gasteiger partial charge < -0.3 is 10.8 Å². The molecular weight excluding hydrogens is 229 g/mol. The van der Waals surface area contributed by atoms with E-state index < -0.39 is 12.1 Å². The van der Waals surface area contributed by atoms with Crippen LogP contribution in [-0.2, 0) is 0 Å². The average molecular weight is 248 g/mol. The van der Waals surface area contributed by atoms with E-state index in [-0.39, 0.29) is 23.6 Å². The highest BCUT2D eigenvalue weighted by atomic mass is 35.5. The summed E-state index contributed by atoms with van der Waals surface area (Å²) in [6.45, 7) is 5.75. The van der Waals surface area contributed by atoms with Crippen molar-refractivity contribution in [2.75, 3.05) is 0 Å². The molecule has 0 amide bonds. The Labute approximate surface area is 102 Å². The maximum absolute atomic E-state index is 12.7. The topological polar surface area (TPSA) is 46.2 Å². The van der Waals surface area contributed by atoms with E-state index in [1.165, 1.54) is 12.1 Å². The predicted molar refractivity (Wildman–Crippen MR) is 66.0 cm³/mol. The van der Waals surface area contributed by atoms with Crippen molar-refractivity contribution in [2.45, 2.75) is 32.9 Å². The molecule has 0 unspecified atom stereocenters. The van der Waals surface area contributed by atoms with E-state index in [0.717, 1.165) is 5.56 Å². The summed E-state index contributed by atoms with van der Waals surface area (Å²) in [7, 11) is 0. The molecular formula is C12H19ClFNO. The zero-order chi connectivity index (χ0) is 11.6. The Morgan fingerprint density at radius 2 is 1.62 bits per heavy atom. The highest BCUT2D eigenvalue weighted by molar-refractivity contribution is 5.85. The maximum Gasteiger partial charge on any atom is 0.123 e. The third-order valence-electron chi connectivity index (χ3n) is 2.48. The van der Waals surface area contributed by atoms with Crippen molar-refractivity contribution in [1.29, 1.82) is 0 Å². The van der Waals surface area contributed by atoms with Crippen LogP contribution >= 0.6 is 12.4 Å². The van der Waals surface area contributed by atoms with Gasteiger partial charge in [0.1, 0.15) is 5.82 Å². The van der Waals surface area contributed by atoms with Gasteiger partial charge in [-0.25, -0.2) is 4.39 Å². The molecule has 4 heteroatoms. The molecule has 0 saturated heterocycles. The maximum atomic E-state index is 12.7. The molecule has 2 atom stereocenters. The van der Waals surface area contributed by atoms with Crippen LogP contribution in [0.1, 0.15) is 32.4 Å². The number of benzene rings is 1. The minimum Gasteiger partial charge on any atom is -0.391 e. The van der Waals surface area contributed by atoms with Gasteiger partial charge >= 0.3 is 0 Å². The smallest absolute Gasteiger partial charge is 0.123 e. The highest BCUT2D eigenvalue weighted by Gasteiger charge is 2.28. The lowest BCUT2D eigenvalue weighted by atomic mass is 9.82. The number of aliphatic hydroxyl groups excluding tert-OH is 1. The van der Waals surface area contributed by atoms with Gasteiger partial charge in [0.05, 0.1) is 12.1 Å². The van der Waals surface area contributed by atoms with E-state index in [9.17, 15) is 9.50 Å². The summed E-state index contributed by atoms with van der Waals surface area (Å²) in [5.41, 5.74) is 6.37. The predicted octanol–water partition coefficient (Wildman–Crippen LogP) is 2.65. The highest BCUT2D eigenvalue weighted by Crippen LogP contribution is 2.28. The first-order valence-corrected chi connectivity index (χ1v) is 5.01. The van der Waals surface area contributed by atoms with Crippen molar-refractivity contribution >= 4 is 12.4 Å². The normalized spacial score (nSPS) is 15.1. The Kier molecular flexibility index (Phi) is 5.39. The Morgan fingerprint density at radius 3 is 2.00 bits per heavy atom. The number of hydrogen-bond acceptors (Lipinski definition) is 2. The van der Waals surface area contributed by atoms with Crippen LogP contribution < -0.4 is 5.73 Å². The van der Waals surface area contributed by atoms with Gasteiger partial charge in [0.25, 0.3) is 0 Å². The Balaban J connectivity index is 0.00000225. The molecule has 1 rings (SSSR count). The summed E-state index contributed by atoms with van der Waals surface area (Å²) in [5.74, 6) is -0.295. The van der Waals surface area contributed by atoms with E-state index in [0.29, 0.717) is 0 Å². The molecule has 92 valence electrons. The van der Waals surface area contributed by atoms with Crippen LogP contribution in [0.3, 0.4) is 0 Å². The first kappa shape index (κ1) is 15.4. The second kappa shape index (κ2) is 5.62. The first-order valence-electron chi connectivity index (χ1n) is 5.01. The molecule has 3 N–H and O–H groups in total. The molecule has 0 aliphatic heterocycles. The molecule has 0 aromatic heterocycles. The van der Waals surface area contributed by atoms with Crippen molar-refractivity contribution in [3.63, 3.8) is 0 Å². The number of rotatable bonds is 2. The minimum absolute atomic E-state index is 0. The fourth-order valence-electron chi connectivity index (χ4n) is 1.41. The SMILES string of the molecule is CC(C)(C)[C@H](O)[C@H](N)c1ccc(F)cc1.Cl. The van der Waals surface area contributed by atoms with Crippen molar-refractivity contribution in [3.05, 3.63) is 35.6 Å². The summed E-state index contributed by atoms with van der Waals surface area (Å²) < 4.78 is 12.7. The van der Waals surface area contributed by atoms with Crippen LogP contribution in [0.2, 0.25) is 0 Å². The molecule has 0 radical (unpaired) electrons. The molecule has 2 nitrogen and oxygen atoms in total. The third-order valence-corrected chi connectivity index (χ3v) is 2.48. The van der Waals surface area contributed by atoms with E-state index in [4.69, 9.17) is 5.73 Å². The van der Waals surface area contributed by atoms with Crippen molar-refractivity contribution in [3.8, 4) is 0 Å². The first-order chi connectivity index (χ1) is 6.82. The van der Waals surface area contributed by atoms with Crippen LogP contribution in [0.5, 0.6) is 0 Å². The second-order valence-corrected chi connectivity index (χ2v) is 4.89. The molecule has 0 spiro atoms. The number of aliphatic hydroxyl groups is 1. The van der Waals surface area contributed by atoms with Crippen molar-refractivity contribution in [2.24, 2.45) is 11.1 Å². The molecule has 0 aliphatic rings. The molecule has 16 heavy (non-hydrogen) atoms. The van der Waals surface area contributed by atoms with Crippen molar-refractivity contribution in [1.82, 2.24) is 0 Å². The third kappa shape index (κ3) is 3.74. The van der Waals surface area contributed by atoms with Crippen LogP contribution in [0.25, 0.3) is 0 Å². The lowest BCUT2D eigenvalue weighted by molar-refractivity contribution is 0.0401. The van der Waals surface area contributed by atoms with E-state index in [1.807, 2.05) is 20.8 Å². The Morgan fingerprint density at radius 1 is 1.19 bits per heavy atom. The van der Waals surface area contributed by atoms with Gasteiger partial charge in [-0.2, -0.15) is 0 Å². The Hall–Kier alpha value is -0.640. The number of nitrogens with two attached hydrogens (primary N) is 1. The van der Waals surface area contributed by atoms with Gasteiger partial charge in [-0.05, 0) is 23.1 Å². The molecule has 0 saturated carbocycles. The zero-order valence-electron chi connectivity index (χ0n) is 9.77. The molecule has 0 bridgehead atoms. The fraction of sp³-hybridized carbons (Fsp3) is 0.500. The van der Waals surface area contributed by atoms with Gasteiger partial charge in [-0.15, -0.1) is 12.4 Å². The van der Waals surface area contributed by atoms with Crippen LogP contribution in [0.4, 0.5) is 4.39 Å². The largest absolute Gasteiger partial charge is 0.391 e. The molecule has 0 aliphatic carbocycles. The van der Waals surface area contributed by atoms with Crippen molar-refractivity contribution < 1.29 is 9.50 Å². The molecule has 1 aromatic carbocycles. The summed E-state index contributed by atoms with van der Waals surface area (Å²) in [6, 6.07) is 5.43. The average Bonchev–Trinajstić information content (AvgIpc) is 2.15. The second-order valence-electron chi connectivity index (χ2n) is 4.89. The van der Waals surface area contributed by atoms with Gasteiger partial charge in [0.15, 0.2) is 0 Å².